The van der Waals surface area contributed by atoms with Crippen LogP contribution in [0.25, 0.3) is 11.3 Å². The minimum Gasteiger partial charge on any atom is -0.338 e. The van der Waals surface area contributed by atoms with Gasteiger partial charge in [0.1, 0.15) is 0 Å². The first-order valence-electron chi connectivity index (χ1n) is 9.66. The van der Waals surface area contributed by atoms with E-state index >= 15 is 0 Å². The summed E-state index contributed by atoms with van der Waals surface area (Å²) in [6.45, 7) is 0.824. The third kappa shape index (κ3) is 4.72. The molecule has 0 aliphatic carbocycles. The molecule has 4 rings (SSSR count). The van der Waals surface area contributed by atoms with Gasteiger partial charge in [-0.2, -0.15) is 17.5 Å². The first-order chi connectivity index (χ1) is 15.1. The molecule has 0 N–H and O–H groups in total. The highest BCUT2D eigenvalue weighted by Crippen LogP contribution is 2.31. The van der Waals surface area contributed by atoms with E-state index in [4.69, 9.17) is 11.6 Å². The maximum Gasteiger partial charge on any atom is 0.416 e. The molecule has 1 aliphatic heterocycles. The van der Waals surface area contributed by atoms with Crippen LogP contribution in [0.3, 0.4) is 0 Å². The second-order valence-corrected chi connectivity index (χ2v) is 9.54. The lowest BCUT2D eigenvalue weighted by Gasteiger charge is -2.34. The Balaban J connectivity index is 1.49. The molecular formula is C21H18ClF3N4O2S. The third-order valence-electron chi connectivity index (χ3n) is 5.10. The van der Waals surface area contributed by atoms with Crippen LogP contribution in [0.15, 0.2) is 65.7 Å². The zero-order valence-electron chi connectivity index (χ0n) is 16.6. The van der Waals surface area contributed by atoms with E-state index in [1.165, 1.54) is 10.4 Å². The average Bonchev–Trinajstić information content (AvgIpc) is 2.79. The van der Waals surface area contributed by atoms with Crippen LogP contribution in [-0.4, -0.2) is 48.9 Å². The van der Waals surface area contributed by atoms with Crippen LogP contribution in [0.4, 0.5) is 19.1 Å². The van der Waals surface area contributed by atoms with E-state index in [1.807, 2.05) is 17.0 Å². The summed E-state index contributed by atoms with van der Waals surface area (Å²) in [5.74, 6) is 0.452. The maximum atomic E-state index is 13.0. The smallest absolute Gasteiger partial charge is 0.338 e. The van der Waals surface area contributed by atoms with Crippen LogP contribution in [0, 0.1) is 0 Å². The Hall–Kier alpha value is -2.69. The molecule has 168 valence electrons. The molecule has 0 spiro atoms. The van der Waals surface area contributed by atoms with Gasteiger partial charge in [-0.05, 0) is 36.4 Å². The first kappa shape index (κ1) is 22.5. The number of anilines is 1. The molecule has 1 aliphatic rings. The fourth-order valence-corrected chi connectivity index (χ4v) is 4.99. The number of sulfonamides is 1. The monoisotopic (exact) mass is 482 g/mol. The van der Waals surface area contributed by atoms with Gasteiger partial charge in [-0.25, -0.2) is 18.4 Å². The molecule has 1 saturated heterocycles. The minimum atomic E-state index is -4.61. The van der Waals surface area contributed by atoms with Crippen LogP contribution in [-0.2, 0) is 16.2 Å². The number of halogens is 4. The number of hydrogen-bond donors (Lipinski definition) is 0. The van der Waals surface area contributed by atoms with E-state index in [0.29, 0.717) is 35.8 Å². The second-order valence-electron chi connectivity index (χ2n) is 7.17. The van der Waals surface area contributed by atoms with Crippen molar-refractivity contribution in [2.75, 3.05) is 31.1 Å². The van der Waals surface area contributed by atoms with Gasteiger partial charge in [-0.3, -0.25) is 0 Å². The number of benzene rings is 2. The highest BCUT2D eigenvalue weighted by molar-refractivity contribution is 7.89. The van der Waals surface area contributed by atoms with Gasteiger partial charge in [0.15, 0.2) is 0 Å². The van der Waals surface area contributed by atoms with E-state index in [0.717, 1.165) is 17.7 Å². The van der Waals surface area contributed by atoms with Gasteiger partial charge in [0.2, 0.25) is 16.0 Å². The summed E-state index contributed by atoms with van der Waals surface area (Å²) in [6.07, 6.45) is -2.99. The Morgan fingerprint density at radius 1 is 0.938 bits per heavy atom. The van der Waals surface area contributed by atoms with Crippen molar-refractivity contribution in [1.29, 1.82) is 0 Å². The lowest BCUT2D eigenvalue weighted by Crippen LogP contribution is -2.49. The molecule has 11 heteroatoms. The van der Waals surface area contributed by atoms with Gasteiger partial charge in [0.25, 0.3) is 0 Å². The van der Waals surface area contributed by atoms with E-state index < -0.39 is 21.8 Å². The highest BCUT2D eigenvalue weighted by Gasteiger charge is 2.34. The lowest BCUT2D eigenvalue weighted by atomic mass is 10.1. The van der Waals surface area contributed by atoms with Crippen LogP contribution < -0.4 is 4.90 Å². The summed E-state index contributed by atoms with van der Waals surface area (Å²) in [7, 11) is -4.05. The minimum absolute atomic E-state index is 0.104. The largest absolute Gasteiger partial charge is 0.416 e. The van der Waals surface area contributed by atoms with E-state index in [1.54, 1.807) is 24.4 Å². The van der Waals surface area contributed by atoms with Gasteiger partial charge in [0.05, 0.1) is 16.2 Å². The molecule has 2 heterocycles. The molecule has 0 amide bonds. The number of rotatable bonds is 4. The number of piperazine rings is 1. The molecule has 1 aromatic heterocycles. The van der Waals surface area contributed by atoms with E-state index in [9.17, 15) is 21.6 Å². The normalized spacial score (nSPS) is 15.7. The molecule has 0 atom stereocenters. The summed E-state index contributed by atoms with van der Waals surface area (Å²) in [5.41, 5.74) is 0.569. The van der Waals surface area contributed by atoms with Crippen molar-refractivity contribution in [2.45, 2.75) is 11.1 Å². The summed E-state index contributed by atoms with van der Waals surface area (Å²) in [4.78, 5) is 10.3. The van der Waals surface area contributed by atoms with Crippen molar-refractivity contribution in [2.24, 2.45) is 0 Å². The quantitative estimate of drug-likeness (QED) is 0.554. The average molecular weight is 483 g/mol. The van der Waals surface area contributed by atoms with Crippen molar-refractivity contribution in [3.8, 4) is 11.3 Å². The molecule has 0 saturated carbocycles. The van der Waals surface area contributed by atoms with Crippen LogP contribution in [0.5, 0.6) is 0 Å². The predicted octanol–water partition coefficient (Wildman–Crippen LogP) is 4.33. The molecule has 0 radical (unpaired) electrons. The molecule has 0 bridgehead atoms. The Labute approximate surface area is 188 Å². The SMILES string of the molecule is O=S(=O)(c1cccc(C(F)(F)F)c1)N1CCN(c2nccc(-c3ccc(Cl)cc3)n2)CC1. The topological polar surface area (TPSA) is 66.4 Å². The summed E-state index contributed by atoms with van der Waals surface area (Å²) in [5, 5.41) is 0.612. The highest BCUT2D eigenvalue weighted by atomic mass is 35.5. The fourth-order valence-electron chi connectivity index (χ4n) is 3.39. The van der Waals surface area contributed by atoms with Gasteiger partial charge in [-0.1, -0.05) is 29.8 Å². The Bertz CT molecular complexity index is 1210. The van der Waals surface area contributed by atoms with Crippen molar-refractivity contribution in [3.05, 3.63) is 71.4 Å². The van der Waals surface area contributed by atoms with Gasteiger partial charge < -0.3 is 4.90 Å². The summed E-state index contributed by atoms with van der Waals surface area (Å²) in [6, 6.07) is 12.8. The maximum absolute atomic E-state index is 13.0. The van der Waals surface area contributed by atoms with Crippen molar-refractivity contribution >= 4 is 27.6 Å². The van der Waals surface area contributed by atoms with E-state index in [-0.39, 0.29) is 18.0 Å². The number of alkyl halides is 3. The fraction of sp³-hybridized carbons (Fsp3) is 0.238. The lowest BCUT2D eigenvalue weighted by molar-refractivity contribution is -0.137. The zero-order chi connectivity index (χ0) is 22.9. The van der Waals surface area contributed by atoms with Crippen LogP contribution in [0.1, 0.15) is 5.56 Å². The van der Waals surface area contributed by atoms with Gasteiger partial charge >= 0.3 is 6.18 Å². The molecular weight excluding hydrogens is 465 g/mol. The van der Waals surface area contributed by atoms with Crippen molar-refractivity contribution in [1.82, 2.24) is 14.3 Å². The summed E-state index contributed by atoms with van der Waals surface area (Å²) >= 11 is 5.93. The standard InChI is InChI=1S/C21H18ClF3N4O2S/c22-17-6-4-15(5-7-17)19-8-9-26-20(27-19)28-10-12-29(13-11-28)32(30,31)18-3-1-2-16(14-18)21(23,24)25/h1-9,14H,10-13H2. The Morgan fingerprint density at radius 3 is 2.28 bits per heavy atom. The van der Waals surface area contributed by atoms with Gasteiger partial charge in [-0.15, -0.1) is 0 Å². The zero-order valence-corrected chi connectivity index (χ0v) is 18.2. The first-order valence-corrected chi connectivity index (χ1v) is 11.5. The molecule has 3 aromatic rings. The van der Waals surface area contributed by atoms with Crippen molar-refractivity contribution < 1.29 is 21.6 Å². The molecule has 2 aromatic carbocycles. The third-order valence-corrected chi connectivity index (χ3v) is 7.25. The second kappa shape index (κ2) is 8.68. The van der Waals surface area contributed by atoms with Crippen LogP contribution >= 0.6 is 11.6 Å². The molecule has 6 nitrogen and oxygen atoms in total. The number of aromatic nitrogens is 2. The van der Waals surface area contributed by atoms with E-state index in [2.05, 4.69) is 9.97 Å². The summed E-state index contributed by atoms with van der Waals surface area (Å²) < 4.78 is 65.9. The number of hydrogen-bond acceptors (Lipinski definition) is 5. The molecule has 32 heavy (non-hydrogen) atoms. The molecule has 0 unspecified atom stereocenters. The predicted molar refractivity (Wildman–Crippen MR) is 115 cm³/mol. The van der Waals surface area contributed by atoms with Gasteiger partial charge in [0, 0.05) is 43.0 Å². The Kier molecular flexibility index (Phi) is 6.11. The van der Waals surface area contributed by atoms with Crippen LogP contribution in [0.2, 0.25) is 5.02 Å². The van der Waals surface area contributed by atoms with Crippen molar-refractivity contribution in [3.63, 3.8) is 0 Å². The Morgan fingerprint density at radius 2 is 1.62 bits per heavy atom. The molecule has 1 fully saturated rings. The number of nitrogens with zero attached hydrogens (tertiary/aromatic N) is 4.